The van der Waals surface area contributed by atoms with Gasteiger partial charge in [0.2, 0.25) is 0 Å². The van der Waals surface area contributed by atoms with Crippen molar-refractivity contribution in [1.29, 1.82) is 0 Å². The monoisotopic (exact) mass is 381 g/mol. The topological polar surface area (TPSA) is 74.3 Å². The second-order valence-electron chi connectivity index (χ2n) is 7.22. The molecule has 27 heavy (non-hydrogen) atoms. The van der Waals surface area contributed by atoms with Crippen LogP contribution in [0.15, 0.2) is 35.1 Å². The maximum absolute atomic E-state index is 13.5. The summed E-state index contributed by atoms with van der Waals surface area (Å²) in [6, 6.07) is 9.90. The van der Waals surface area contributed by atoms with Crippen molar-refractivity contribution in [1.82, 2.24) is 24.6 Å². The predicted octanol–water partition coefficient (Wildman–Crippen LogP) is 2.79. The summed E-state index contributed by atoms with van der Waals surface area (Å²) in [5.41, 5.74) is 1.85. The summed E-state index contributed by atoms with van der Waals surface area (Å²) in [4.78, 5) is 15.4. The number of hydrogen-bond donors (Lipinski definition) is 0. The Bertz CT molecular complexity index is 1210. The largest absolute Gasteiger partial charge is 0.369 e. The van der Waals surface area contributed by atoms with Gasteiger partial charge in [0.15, 0.2) is 0 Å². The van der Waals surface area contributed by atoms with Gasteiger partial charge in [-0.1, -0.05) is 42.4 Å². The van der Waals surface area contributed by atoms with Gasteiger partial charge in [-0.25, -0.2) is 0 Å². The van der Waals surface area contributed by atoms with E-state index in [-0.39, 0.29) is 11.2 Å². The molecule has 0 saturated carbocycles. The molecule has 7 nitrogen and oxygen atoms in total. The lowest BCUT2D eigenvalue weighted by molar-refractivity contribution is -0.0543. The third-order valence-electron chi connectivity index (χ3n) is 5.45. The number of thiophene rings is 1. The summed E-state index contributed by atoms with van der Waals surface area (Å²) in [6.07, 6.45) is 1.63. The number of tetrazole rings is 1. The zero-order chi connectivity index (χ0) is 18.6. The maximum atomic E-state index is 13.5. The van der Waals surface area contributed by atoms with Crippen LogP contribution in [-0.4, -0.2) is 30.2 Å². The van der Waals surface area contributed by atoms with Gasteiger partial charge in [-0.2, -0.15) is 4.52 Å². The highest BCUT2D eigenvalue weighted by Gasteiger charge is 2.34. The average molecular weight is 381 g/mol. The van der Waals surface area contributed by atoms with Crippen LogP contribution in [0.2, 0.25) is 0 Å². The van der Waals surface area contributed by atoms with E-state index in [1.165, 1.54) is 0 Å². The number of hydrogen-bond acceptors (Lipinski definition) is 6. The fourth-order valence-corrected chi connectivity index (χ4v) is 4.85. The first-order chi connectivity index (χ1) is 13.1. The van der Waals surface area contributed by atoms with Crippen LogP contribution in [0.4, 0.5) is 0 Å². The molecular weight excluding hydrogens is 362 g/mol. The Kier molecular flexibility index (Phi) is 3.66. The molecule has 8 heteroatoms. The second-order valence-corrected chi connectivity index (χ2v) is 8.30. The molecule has 0 spiro atoms. The summed E-state index contributed by atoms with van der Waals surface area (Å²) in [7, 11) is 0. The van der Waals surface area contributed by atoms with Gasteiger partial charge >= 0.3 is 0 Å². The van der Waals surface area contributed by atoms with E-state index >= 15 is 0 Å². The van der Waals surface area contributed by atoms with Crippen LogP contribution in [0.3, 0.4) is 0 Å². The van der Waals surface area contributed by atoms with E-state index in [1.54, 1.807) is 20.4 Å². The molecule has 5 rings (SSSR count). The smallest absolute Gasteiger partial charge is 0.264 e. The quantitative estimate of drug-likeness (QED) is 0.546. The van der Waals surface area contributed by atoms with Crippen LogP contribution < -0.4 is 5.56 Å². The Balaban J connectivity index is 1.78. The summed E-state index contributed by atoms with van der Waals surface area (Å²) < 4.78 is 9.43. The molecule has 0 aliphatic carbocycles. The fraction of sp³-hybridized carbons (Fsp3) is 0.368. The number of aromatic nitrogens is 5. The second kappa shape index (κ2) is 5.97. The molecule has 0 fully saturated rings. The minimum absolute atomic E-state index is 0.0333. The molecule has 4 heterocycles. The van der Waals surface area contributed by atoms with Crippen molar-refractivity contribution < 1.29 is 4.74 Å². The fourth-order valence-electron chi connectivity index (χ4n) is 3.68. The highest BCUT2D eigenvalue weighted by molar-refractivity contribution is 7.18. The maximum Gasteiger partial charge on any atom is 0.264 e. The number of benzene rings is 1. The molecule has 0 unspecified atom stereocenters. The number of nitrogens with zero attached hydrogens (tertiary/aromatic N) is 5. The molecule has 0 bridgehead atoms. The number of fused-ring (bicyclic) bond motifs is 5. The van der Waals surface area contributed by atoms with E-state index in [9.17, 15) is 4.79 Å². The van der Waals surface area contributed by atoms with E-state index in [2.05, 4.69) is 29.4 Å². The minimum atomic E-state index is -0.243. The van der Waals surface area contributed by atoms with Gasteiger partial charge in [0.1, 0.15) is 4.83 Å². The first-order valence-corrected chi connectivity index (χ1v) is 9.84. The van der Waals surface area contributed by atoms with Crippen molar-refractivity contribution in [2.24, 2.45) is 0 Å². The van der Waals surface area contributed by atoms with Gasteiger partial charge in [0, 0.05) is 11.3 Å². The first-order valence-electron chi connectivity index (χ1n) is 9.02. The Labute approximate surface area is 159 Å². The highest BCUT2D eigenvalue weighted by atomic mass is 32.1. The Morgan fingerprint density at radius 1 is 1.30 bits per heavy atom. The first kappa shape index (κ1) is 16.6. The number of ether oxygens (including phenoxy) is 1. The van der Waals surface area contributed by atoms with Crippen molar-refractivity contribution in [3.63, 3.8) is 0 Å². The van der Waals surface area contributed by atoms with Gasteiger partial charge < -0.3 is 4.74 Å². The summed E-state index contributed by atoms with van der Waals surface area (Å²) in [6.45, 7) is 5.19. The molecule has 0 amide bonds. The summed E-state index contributed by atoms with van der Waals surface area (Å²) >= 11 is 1.56. The van der Waals surface area contributed by atoms with Crippen molar-refractivity contribution >= 4 is 27.3 Å². The lowest BCUT2D eigenvalue weighted by Gasteiger charge is -2.32. The zero-order valence-electron chi connectivity index (χ0n) is 15.2. The van der Waals surface area contributed by atoms with Crippen LogP contribution in [0.5, 0.6) is 0 Å². The van der Waals surface area contributed by atoms with E-state index in [1.807, 2.05) is 30.3 Å². The van der Waals surface area contributed by atoms with Crippen LogP contribution >= 0.6 is 11.3 Å². The van der Waals surface area contributed by atoms with Crippen molar-refractivity contribution in [3.8, 4) is 0 Å². The van der Waals surface area contributed by atoms with Crippen molar-refractivity contribution in [3.05, 3.63) is 56.7 Å². The van der Waals surface area contributed by atoms with E-state index in [0.29, 0.717) is 18.9 Å². The molecule has 1 aliphatic rings. The molecule has 1 aromatic carbocycles. The van der Waals surface area contributed by atoms with Gasteiger partial charge in [0.25, 0.3) is 11.3 Å². The summed E-state index contributed by atoms with van der Waals surface area (Å²) in [5, 5.41) is 12.8. The van der Waals surface area contributed by atoms with E-state index in [4.69, 9.17) is 4.74 Å². The van der Waals surface area contributed by atoms with Crippen molar-refractivity contribution in [2.75, 3.05) is 0 Å². The minimum Gasteiger partial charge on any atom is -0.369 e. The molecule has 0 radical (unpaired) electrons. The third-order valence-corrected chi connectivity index (χ3v) is 6.63. The molecular formula is C19H19N5O2S. The van der Waals surface area contributed by atoms with E-state index in [0.717, 1.165) is 39.1 Å². The van der Waals surface area contributed by atoms with Gasteiger partial charge in [-0.15, -0.1) is 11.3 Å². The van der Waals surface area contributed by atoms with Crippen molar-refractivity contribution in [2.45, 2.75) is 45.4 Å². The molecule has 3 aromatic heterocycles. The normalized spacial score (nSPS) is 19.6. The molecule has 1 atom stereocenters. The third kappa shape index (κ3) is 2.51. The standard InChI is InChI=1S/C19H19N5O2S/c1-3-19(2)9-13-14(11-26-19)27-17-15(13)16(25)23(18-20-21-22-24(17)18)10-12-7-5-4-6-8-12/h4-8H,3,9-11H2,1-2H3/t19-/m1/s1. The molecule has 4 aromatic rings. The highest BCUT2D eigenvalue weighted by Crippen LogP contribution is 2.38. The van der Waals surface area contributed by atoms with Gasteiger partial charge in [0.05, 0.1) is 24.1 Å². The van der Waals surface area contributed by atoms with Gasteiger partial charge in [-0.05, 0) is 34.9 Å². The van der Waals surface area contributed by atoms with Gasteiger partial charge in [-0.3, -0.25) is 9.36 Å². The zero-order valence-corrected chi connectivity index (χ0v) is 16.0. The Morgan fingerprint density at radius 3 is 2.89 bits per heavy atom. The molecule has 138 valence electrons. The average Bonchev–Trinajstić information content (AvgIpc) is 3.30. The SMILES string of the molecule is CC[C@]1(C)Cc2c(sc3c2c(=O)n(Cc2ccccc2)c2nnnn32)CO1. The molecule has 0 N–H and O–H groups in total. The molecule has 0 saturated heterocycles. The van der Waals surface area contributed by atoms with Crippen LogP contribution in [0.1, 0.15) is 36.3 Å². The Morgan fingerprint density at radius 2 is 2.11 bits per heavy atom. The summed E-state index contributed by atoms with van der Waals surface area (Å²) in [5.74, 6) is 0.467. The Hall–Kier alpha value is -2.58. The number of rotatable bonds is 3. The lowest BCUT2D eigenvalue weighted by Crippen LogP contribution is -2.34. The van der Waals surface area contributed by atoms with E-state index < -0.39 is 0 Å². The lowest BCUT2D eigenvalue weighted by atomic mass is 9.90. The van der Waals surface area contributed by atoms with Crippen LogP contribution in [-0.2, 0) is 24.3 Å². The van der Waals surface area contributed by atoms with Crippen LogP contribution in [0.25, 0.3) is 16.0 Å². The predicted molar refractivity (Wildman–Crippen MR) is 103 cm³/mol. The molecule has 1 aliphatic heterocycles. The van der Waals surface area contributed by atoms with Crippen LogP contribution in [0, 0.1) is 0 Å².